The van der Waals surface area contributed by atoms with E-state index in [0.29, 0.717) is 50.7 Å². The number of halogens is 3. The second kappa shape index (κ2) is 12.5. The number of rotatable bonds is 6. The van der Waals surface area contributed by atoms with Gasteiger partial charge in [-0.1, -0.05) is 33.3 Å². The van der Waals surface area contributed by atoms with Gasteiger partial charge in [0.1, 0.15) is 17.7 Å². The van der Waals surface area contributed by atoms with Crippen molar-refractivity contribution in [1.29, 1.82) is 0 Å². The average Bonchev–Trinajstić information content (AvgIpc) is 3.19. The molecule has 3 aliphatic rings. The first kappa shape index (κ1) is 31.3. The molecule has 39 heavy (non-hydrogen) atoms. The smallest absolute Gasteiger partial charge is 0.245 e. The van der Waals surface area contributed by atoms with E-state index in [9.17, 15) is 23.2 Å². The molecule has 10 heteroatoms. The fourth-order valence-electron chi connectivity index (χ4n) is 6.23. The molecule has 1 aromatic carbocycles. The van der Waals surface area contributed by atoms with E-state index < -0.39 is 23.6 Å². The number of nitrogens with zero attached hydrogens (tertiary/aromatic N) is 3. The predicted octanol–water partition coefficient (Wildman–Crippen LogP) is 3.95. The zero-order valence-corrected chi connectivity index (χ0v) is 24.5. The monoisotopic (exact) mass is 568 g/mol. The second-order valence-electron chi connectivity index (χ2n) is 12.6. The molecule has 4 atom stereocenters. The number of hydrogen-bond donors (Lipinski definition) is 1. The molecule has 1 saturated carbocycles. The quantitative estimate of drug-likeness (QED) is 0.564. The molecule has 3 amide bonds. The Kier molecular flexibility index (Phi) is 10.0. The zero-order valence-electron chi connectivity index (χ0n) is 23.7. The van der Waals surface area contributed by atoms with Crippen molar-refractivity contribution in [2.24, 2.45) is 11.3 Å². The SMILES string of the molecule is CC(=O)N[C@@H](CC(C)(C)C)C(=O)N1CCN(C(=O)[C@@H]2CN(C3CCC3)C[C@H]2c2ccc(F)cc2F)[C@@H](C)C1.Cl. The summed E-state index contributed by atoms with van der Waals surface area (Å²) in [5.74, 6) is -2.40. The van der Waals surface area contributed by atoms with Gasteiger partial charge in [-0.05, 0) is 43.2 Å². The van der Waals surface area contributed by atoms with E-state index in [1.807, 2.05) is 32.6 Å². The Morgan fingerprint density at radius 3 is 2.31 bits per heavy atom. The fraction of sp³-hybridized carbons (Fsp3) is 0.690. The summed E-state index contributed by atoms with van der Waals surface area (Å²) >= 11 is 0. The molecular formula is C29H43ClF2N4O3. The Bertz CT molecular complexity index is 1060. The first-order valence-electron chi connectivity index (χ1n) is 13.9. The van der Waals surface area contributed by atoms with Gasteiger partial charge in [0, 0.05) is 63.7 Å². The van der Waals surface area contributed by atoms with Crippen molar-refractivity contribution in [3.05, 3.63) is 35.4 Å². The molecule has 218 valence electrons. The van der Waals surface area contributed by atoms with Crippen molar-refractivity contribution >= 4 is 30.1 Å². The van der Waals surface area contributed by atoms with Crippen LogP contribution in [0.4, 0.5) is 8.78 Å². The summed E-state index contributed by atoms with van der Waals surface area (Å²) in [5, 5.41) is 2.81. The lowest BCUT2D eigenvalue weighted by Crippen LogP contribution is -2.60. The van der Waals surface area contributed by atoms with Crippen LogP contribution in [-0.4, -0.2) is 83.3 Å². The number of hydrogen-bond acceptors (Lipinski definition) is 4. The van der Waals surface area contributed by atoms with Crippen molar-refractivity contribution in [1.82, 2.24) is 20.0 Å². The van der Waals surface area contributed by atoms with Gasteiger partial charge in [0.25, 0.3) is 0 Å². The van der Waals surface area contributed by atoms with Gasteiger partial charge in [-0.25, -0.2) is 8.78 Å². The summed E-state index contributed by atoms with van der Waals surface area (Å²) in [6, 6.07) is 3.24. The van der Waals surface area contributed by atoms with Gasteiger partial charge in [-0.2, -0.15) is 0 Å². The molecule has 2 aliphatic heterocycles. The van der Waals surface area contributed by atoms with Gasteiger partial charge in [0.05, 0.1) is 5.92 Å². The van der Waals surface area contributed by atoms with Crippen LogP contribution in [0.1, 0.15) is 71.8 Å². The topological polar surface area (TPSA) is 73.0 Å². The van der Waals surface area contributed by atoms with Crippen molar-refractivity contribution in [3.63, 3.8) is 0 Å². The molecule has 0 bridgehead atoms. The van der Waals surface area contributed by atoms with Crippen LogP contribution in [0.2, 0.25) is 0 Å². The van der Waals surface area contributed by atoms with E-state index in [-0.39, 0.29) is 47.5 Å². The van der Waals surface area contributed by atoms with Crippen LogP contribution in [0, 0.1) is 23.0 Å². The highest BCUT2D eigenvalue weighted by molar-refractivity contribution is 5.87. The molecule has 0 radical (unpaired) electrons. The van der Waals surface area contributed by atoms with Gasteiger partial charge in [-0.15, -0.1) is 12.4 Å². The number of likely N-dealkylation sites (tertiary alicyclic amines) is 1. The molecule has 0 spiro atoms. The molecule has 2 heterocycles. The Labute approximate surface area is 237 Å². The highest BCUT2D eigenvalue weighted by Crippen LogP contribution is 2.40. The molecule has 1 aromatic rings. The molecule has 1 N–H and O–H groups in total. The normalized spacial score (nSPS) is 25.1. The maximum atomic E-state index is 14.8. The number of nitrogens with one attached hydrogen (secondary N) is 1. The lowest BCUT2D eigenvalue weighted by atomic mass is 9.86. The van der Waals surface area contributed by atoms with Crippen LogP contribution in [0.3, 0.4) is 0 Å². The molecule has 0 unspecified atom stereocenters. The minimum Gasteiger partial charge on any atom is -0.345 e. The van der Waals surface area contributed by atoms with Crippen LogP contribution in [0.25, 0.3) is 0 Å². The van der Waals surface area contributed by atoms with E-state index in [2.05, 4.69) is 10.2 Å². The third-order valence-corrected chi connectivity index (χ3v) is 8.33. The highest BCUT2D eigenvalue weighted by atomic mass is 35.5. The van der Waals surface area contributed by atoms with Crippen LogP contribution in [-0.2, 0) is 14.4 Å². The summed E-state index contributed by atoms with van der Waals surface area (Å²) < 4.78 is 28.5. The highest BCUT2D eigenvalue weighted by Gasteiger charge is 2.46. The van der Waals surface area contributed by atoms with Crippen molar-refractivity contribution in [2.45, 2.75) is 84.3 Å². The standard InChI is InChI=1S/C29H42F2N4O3.ClH/c1-18-15-33(28(38)26(32-19(2)36)14-29(3,4)5)11-12-35(18)27(37)24-17-34(21-7-6-8-21)16-23(24)22-10-9-20(30)13-25(22)31;/h9-10,13,18,21,23-24,26H,6-8,11-12,14-17H2,1-5H3,(H,32,36);1H/t18-,23-,24+,26-;/m0./s1. The second-order valence-corrected chi connectivity index (χ2v) is 12.6. The maximum Gasteiger partial charge on any atom is 0.245 e. The van der Waals surface area contributed by atoms with Gasteiger partial charge >= 0.3 is 0 Å². The number of carbonyl (C=O) groups is 3. The molecule has 0 aromatic heterocycles. The molecule has 3 fully saturated rings. The Balaban J connectivity index is 0.00000420. The number of piperazine rings is 1. The van der Waals surface area contributed by atoms with Crippen molar-refractivity contribution in [2.75, 3.05) is 32.7 Å². The molecular weight excluding hydrogens is 526 g/mol. The van der Waals surface area contributed by atoms with E-state index >= 15 is 0 Å². The first-order valence-corrected chi connectivity index (χ1v) is 13.9. The van der Waals surface area contributed by atoms with Gasteiger partial charge in [-0.3, -0.25) is 19.3 Å². The van der Waals surface area contributed by atoms with Crippen LogP contribution in [0.15, 0.2) is 18.2 Å². The van der Waals surface area contributed by atoms with Gasteiger partial charge in [0.2, 0.25) is 17.7 Å². The third kappa shape index (κ3) is 7.28. The summed E-state index contributed by atoms with van der Waals surface area (Å²) in [6.45, 7) is 11.7. The Morgan fingerprint density at radius 1 is 1.08 bits per heavy atom. The van der Waals surface area contributed by atoms with Crippen LogP contribution >= 0.6 is 12.4 Å². The summed E-state index contributed by atoms with van der Waals surface area (Å²) in [5.41, 5.74) is 0.249. The van der Waals surface area contributed by atoms with Crippen LogP contribution < -0.4 is 5.32 Å². The summed E-state index contributed by atoms with van der Waals surface area (Å²) in [6.07, 6.45) is 3.85. The fourth-order valence-corrected chi connectivity index (χ4v) is 6.23. The minimum absolute atomic E-state index is 0. The summed E-state index contributed by atoms with van der Waals surface area (Å²) in [4.78, 5) is 45.0. The maximum absolute atomic E-state index is 14.8. The molecule has 2 saturated heterocycles. The van der Waals surface area contributed by atoms with E-state index in [0.717, 1.165) is 25.3 Å². The van der Waals surface area contributed by atoms with Gasteiger partial charge in [0.15, 0.2) is 0 Å². The molecule has 4 rings (SSSR count). The number of amides is 3. The van der Waals surface area contributed by atoms with Crippen LogP contribution in [0.5, 0.6) is 0 Å². The lowest BCUT2D eigenvalue weighted by molar-refractivity contribution is -0.147. The Morgan fingerprint density at radius 2 is 1.77 bits per heavy atom. The minimum atomic E-state index is -0.624. The van der Waals surface area contributed by atoms with E-state index in [4.69, 9.17) is 0 Å². The zero-order chi connectivity index (χ0) is 27.8. The van der Waals surface area contributed by atoms with E-state index in [1.54, 1.807) is 4.90 Å². The van der Waals surface area contributed by atoms with Crippen molar-refractivity contribution in [3.8, 4) is 0 Å². The average molecular weight is 569 g/mol. The third-order valence-electron chi connectivity index (χ3n) is 8.33. The lowest BCUT2D eigenvalue weighted by Gasteiger charge is -2.43. The predicted molar refractivity (Wildman–Crippen MR) is 148 cm³/mol. The largest absolute Gasteiger partial charge is 0.345 e. The van der Waals surface area contributed by atoms with Gasteiger partial charge < -0.3 is 15.1 Å². The number of carbonyl (C=O) groups excluding carboxylic acids is 3. The van der Waals surface area contributed by atoms with Crippen molar-refractivity contribution < 1.29 is 23.2 Å². The molecule has 1 aliphatic carbocycles. The molecule has 7 nitrogen and oxygen atoms in total. The number of benzene rings is 1. The first-order chi connectivity index (χ1) is 17.8. The van der Waals surface area contributed by atoms with E-state index in [1.165, 1.54) is 19.1 Å². The Hall–Kier alpha value is -2.26. The summed E-state index contributed by atoms with van der Waals surface area (Å²) in [7, 11) is 0.